The van der Waals surface area contributed by atoms with Crippen molar-refractivity contribution in [3.05, 3.63) is 70.9 Å². The van der Waals surface area contributed by atoms with Crippen LogP contribution in [0.25, 0.3) is 5.69 Å². The van der Waals surface area contributed by atoms with Crippen molar-refractivity contribution in [2.24, 2.45) is 0 Å². The van der Waals surface area contributed by atoms with Crippen molar-refractivity contribution in [1.29, 1.82) is 0 Å². The number of benzene rings is 1. The van der Waals surface area contributed by atoms with Gasteiger partial charge in [0, 0.05) is 10.7 Å². The zero-order valence-corrected chi connectivity index (χ0v) is 12.6. The van der Waals surface area contributed by atoms with Crippen LogP contribution >= 0.6 is 15.9 Å². The minimum Gasteiger partial charge on any atom is -0.467 e. The highest BCUT2D eigenvalue weighted by Gasteiger charge is 2.09. The number of nitrogens with zero attached hydrogens (tertiary/aromatic N) is 2. The maximum absolute atomic E-state index is 12.0. The van der Waals surface area contributed by atoms with Gasteiger partial charge < -0.3 is 9.73 Å². The Labute approximate surface area is 129 Å². The first kappa shape index (κ1) is 13.6. The summed E-state index contributed by atoms with van der Waals surface area (Å²) in [6, 6.07) is 11.3. The van der Waals surface area contributed by atoms with Gasteiger partial charge >= 0.3 is 0 Å². The molecule has 3 aromatic rings. The first-order valence-corrected chi connectivity index (χ1v) is 7.13. The molecular formula is C15H12BrN3O2. The number of hydrogen-bond donors (Lipinski definition) is 1. The van der Waals surface area contributed by atoms with E-state index in [1.165, 1.54) is 0 Å². The van der Waals surface area contributed by atoms with E-state index in [-0.39, 0.29) is 5.91 Å². The zero-order valence-electron chi connectivity index (χ0n) is 11.0. The van der Waals surface area contributed by atoms with E-state index in [1.807, 2.05) is 30.3 Å². The average molecular weight is 346 g/mol. The summed E-state index contributed by atoms with van der Waals surface area (Å²) in [5.41, 5.74) is 1.40. The van der Waals surface area contributed by atoms with E-state index in [0.717, 1.165) is 10.2 Å². The number of carbonyl (C=O) groups excluding carboxylic acids is 1. The second-order valence-corrected chi connectivity index (χ2v) is 5.33. The van der Waals surface area contributed by atoms with Gasteiger partial charge in [0.05, 0.1) is 30.3 Å². The molecule has 0 aliphatic rings. The molecule has 0 bridgehead atoms. The van der Waals surface area contributed by atoms with Crippen molar-refractivity contribution in [1.82, 2.24) is 15.1 Å². The average Bonchev–Trinajstić information content (AvgIpc) is 3.17. The standard InChI is InChI=1S/C15H12BrN3O2/c16-12-3-5-13(6-4-12)19-10-11(8-18-19)15(20)17-9-14-2-1-7-21-14/h1-8,10H,9H2,(H,17,20). The highest BCUT2D eigenvalue weighted by atomic mass is 79.9. The predicted molar refractivity (Wildman–Crippen MR) is 81.1 cm³/mol. The largest absolute Gasteiger partial charge is 0.467 e. The van der Waals surface area contributed by atoms with Crippen LogP contribution in [0.2, 0.25) is 0 Å². The van der Waals surface area contributed by atoms with Crippen LogP contribution in [0.15, 0.2) is 63.9 Å². The van der Waals surface area contributed by atoms with E-state index in [0.29, 0.717) is 17.9 Å². The Morgan fingerprint density at radius 1 is 1.29 bits per heavy atom. The third-order valence-corrected chi connectivity index (χ3v) is 3.47. The minimum absolute atomic E-state index is 0.185. The van der Waals surface area contributed by atoms with E-state index < -0.39 is 0 Å². The van der Waals surface area contributed by atoms with E-state index in [4.69, 9.17) is 4.42 Å². The lowest BCUT2D eigenvalue weighted by atomic mass is 10.3. The van der Waals surface area contributed by atoms with Crippen LogP contribution in [-0.2, 0) is 6.54 Å². The van der Waals surface area contributed by atoms with Crippen LogP contribution in [0.4, 0.5) is 0 Å². The van der Waals surface area contributed by atoms with Crippen LogP contribution < -0.4 is 5.32 Å². The lowest BCUT2D eigenvalue weighted by Crippen LogP contribution is -2.22. The summed E-state index contributed by atoms with van der Waals surface area (Å²) in [6.45, 7) is 0.356. The fourth-order valence-corrected chi connectivity index (χ4v) is 2.12. The van der Waals surface area contributed by atoms with Gasteiger partial charge in [0.1, 0.15) is 5.76 Å². The first-order valence-electron chi connectivity index (χ1n) is 6.33. The number of furan rings is 1. The van der Waals surface area contributed by atoms with E-state index in [1.54, 1.807) is 29.4 Å². The van der Waals surface area contributed by atoms with Crippen LogP contribution in [0.5, 0.6) is 0 Å². The van der Waals surface area contributed by atoms with Gasteiger partial charge in [-0.15, -0.1) is 0 Å². The summed E-state index contributed by atoms with van der Waals surface area (Å²) in [4.78, 5) is 12.0. The highest BCUT2D eigenvalue weighted by molar-refractivity contribution is 9.10. The molecule has 1 aromatic carbocycles. The van der Waals surface area contributed by atoms with Gasteiger partial charge in [0.2, 0.25) is 0 Å². The molecular weight excluding hydrogens is 334 g/mol. The van der Waals surface area contributed by atoms with E-state index in [9.17, 15) is 4.79 Å². The van der Waals surface area contributed by atoms with Gasteiger partial charge in [-0.3, -0.25) is 4.79 Å². The maximum atomic E-state index is 12.0. The van der Waals surface area contributed by atoms with Gasteiger partial charge in [-0.05, 0) is 36.4 Å². The topological polar surface area (TPSA) is 60.1 Å². The van der Waals surface area contributed by atoms with E-state index >= 15 is 0 Å². The monoisotopic (exact) mass is 345 g/mol. The molecule has 3 rings (SSSR count). The number of aromatic nitrogens is 2. The molecule has 0 fully saturated rings. The van der Waals surface area contributed by atoms with Crippen molar-refractivity contribution in [2.75, 3.05) is 0 Å². The number of rotatable bonds is 4. The van der Waals surface area contributed by atoms with Crippen molar-refractivity contribution >= 4 is 21.8 Å². The highest BCUT2D eigenvalue weighted by Crippen LogP contribution is 2.14. The lowest BCUT2D eigenvalue weighted by Gasteiger charge is -2.01. The number of carbonyl (C=O) groups is 1. The number of halogens is 1. The molecule has 0 saturated heterocycles. The summed E-state index contributed by atoms with van der Waals surface area (Å²) < 4.78 is 7.82. The second kappa shape index (κ2) is 5.97. The van der Waals surface area contributed by atoms with Gasteiger partial charge in [0.15, 0.2) is 0 Å². The summed E-state index contributed by atoms with van der Waals surface area (Å²) in [7, 11) is 0. The van der Waals surface area contributed by atoms with Crippen molar-refractivity contribution in [2.45, 2.75) is 6.54 Å². The molecule has 0 aliphatic carbocycles. The van der Waals surface area contributed by atoms with Gasteiger partial charge in [-0.1, -0.05) is 15.9 Å². The molecule has 2 heterocycles. The molecule has 1 amide bonds. The number of nitrogens with one attached hydrogen (secondary N) is 1. The summed E-state index contributed by atoms with van der Waals surface area (Å²) in [6.07, 6.45) is 4.81. The third kappa shape index (κ3) is 3.22. The van der Waals surface area contributed by atoms with Crippen molar-refractivity contribution in [3.8, 4) is 5.69 Å². The molecule has 5 nitrogen and oxygen atoms in total. The lowest BCUT2D eigenvalue weighted by molar-refractivity contribution is 0.0948. The molecule has 21 heavy (non-hydrogen) atoms. The third-order valence-electron chi connectivity index (χ3n) is 2.94. The van der Waals surface area contributed by atoms with Crippen LogP contribution in [0.3, 0.4) is 0 Å². The predicted octanol–water partition coefficient (Wildman–Crippen LogP) is 3.16. The van der Waals surface area contributed by atoms with Crippen molar-refractivity contribution in [3.63, 3.8) is 0 Å². The number of amides is 1. The molecule has 2 aromatic heterocycles. The van der Waals surface area contributed by atoms with Crippen LogP contribution in [-0.4, -0.2) is 15.7 Å². The zero-order chi connectivity index (χ0) is 14.7. The quantitative estimate of drug-likeness (QED) is 0.789. The van der Waals surface area contributed by atoms with Gasteiger partial charge in [-0.2, -0.15) is 5.10 Å². The molecule has 0 saturated carbocycles. The maximum Gasteiger partial charge on any atom is 0.254 e. The van der Waals surface area contributed by atoms with Crippen LogP contribution in [0.1, 0.15) is 16.1 Å². The van der Waals surface area contributed by atoms with Gasteiger partial charge in [0.25, 0.3) is 5.91 Å². The normalized spacial score (nSPS) is 10.5. The molecule has 6 heteroatoms. The van der Waals surface area contributed by atoms with Crippen LogP contribution in [0, 0.1) is 0 Å². The smallest absolute Gasteiger partial charge is 0.254 e. The van der Waals surface area contributed by atoms with Gasteiger partial charge in [-0.25, -0.2) is 4.68 Å². The molecule has 106 valence electrons. The minimum atomic E-state index is -0.185. The molecule has 1 N–H and O–H groups in total. The second-order valence-electron chi connectivity index (χ2n) is 4.41. The fourth-order valence-electron chi connectivity index (χ4n) is 1.86. The summed E-state index contributed by atoms with van der Waals surface area (Å²) in [5, 5.41) is 6.98. The summed E-state index contributed by atoms with van der Waals surface area (Å²) in [5.74, 6) is 0.526. The fraction of sp³-hybridized carbons (Fsp3) is 0.0667. The molecule has 0 atom stereocenters. The Balaban J connectivity index is 1.69. The number of hydrogen-bond acceptors (Lipinski definition) is 3. The Bertz CT molecular complexity index is 733. The summed E-state index contributed by atoms with van der Waals surface area (Å²) >= 11 is 3.38. The van der Waals surface area contributed by atoms with Crippen molar-refractivity contribution < 1.29 is 9.21 Å². The molecule has 0 spiro atoms. The molecule has 0 unspecified atom stereocenters. The Kier molecular flexibility index (Phi) is 3.87. The first-order chi connectivity index (χ1) is 10.2. The Hall–Kier alpha value is -2.34. The Morgan fingerprint density at radius 2 is 2.10 bits per heavy atom. The Morgan fingerprint density at radius 3 is 2.81 bits per heavy atom. The van der Waals surface area contributed by atoms with E-state index in [2.05, 4.69) is 26.3 Å². The SMILES string of the molecule is O=C(NCc1ccco1)c1cnn(-c2ccc(Br)cc2)c1. The molecule has 0 radical (unpaired) electrons. The molecule has 0 aliphatic heterocycles.